The van der Waals surface area contributed by atoms with Crippen molar-refractivity contribution >= 4 is 26.8 Å². The SMILES string of the molecule is Fc1ccc(-c2nc(Br)nc3ccccc23)cc1F. The van der Waals surface area contributed by atoms with Gasteiger partial charge in [-0.05, 0) is 40.2 Å². The second-order valence-corrected chi connectivity index (χ2v) is 4.70. The molecule has 1 heterocycles. The van der Waals surface area contributed by atoms with Gasteiger partial charge in [-0.25, -0.2) is 18.7 Å². The molecular weight excluding hydrogens is 314 g/mol. The highest BCUT2D eigenvalue weighted by Gasteiger charge is 2.10. The molecule has 0 amide bonds. The van der Waals surface area contributed by atoms with E-state index in [1.54, 1.807) is 0 Å². The lowest BCUT2D eigenvalue weighted by Gasteiger charge is -2.06. The summed E-state index contributed by atoms with van der Waals surface area (Å²) in [7, 11) is 0. The fraction of sp³-hybridized carbons (Fsp3) is 0. The van der Waals surface area contributed by atoms with E-state index in [0.29, 0.717) is 16.0 Å². The molecule has 0 aliphatic heterocycles. The average Bonchev–Trinajstić information content (AvgIpc) is 2.41. The van der Waals surface area contributed by atoms with Crippen LogP contribution in [0.15, 0.2) is 47.2 Å². The van der Waals surface area contributed by atoms with Gasteiger partial charge in [-0.3, -0.25) is 0 Å². The highest BCUT2D eigenvalue weighted by Crippen LogP contribution is 2.28. The van der Waals surface area contributed by atoms with Gasteiger partial charge in [0.05, 0.1) is 11.2 Å². The number of fused-ring (bicyclic) bond motifs is 1. The van der Waals surface area contributed by atoms with Gasteiger partial charge in [0.25, 0.3) is 0 Å². The van der Waals surface area contributed by atoms with Crippen molar-refractivity contribution in [2.24, 2.45) is 0 Å². The third-order valence-corrected chi connectivity index (χ3v) is 3.12. The fourth-order valence-electron chi connectivity index (χ4n) is 1.91. The maximum atomic E-state index is 13.3. The zero-order chi connectivity index (χ0) is 13.4. The second-order valence-electron chi connectivity index (χ2n) is 3.99. The van der Waals surface area contributed by atoms with E-state index in [9.17, 15) is 8.78 Å². The molecule has 3 rings (SSSR count). The molecule has 0 saturated heterocycles. The smallest absolute Gasteiger partial charge is 0.197 e. The van der Waals surface area contributed by atoms with E-state index >= 15 is 0 Å². The van der Waals surface area contributed by atoms with Gasteiger partial charge in [0.1, 0.15) is 0 Å². The number of rotatable bonds is 1. The standard InChI is InChI=1S/C14H7BrF2N2/c15-14-18-12-4-2-1-3-9(12)13(19-14)8-5-6-10(16)11(17)7-8/h1-7H. The predicted octanol–water partition coefficient (Wildman–Crippen LogP) is 4.34. The molecule has 0 spiro atoms. The molecule has 0 bridgehead atoms. The summed E-state index contributed by atoms with van der Waals surface area (Å²) in [4.78, 5) is 8.50. The number of benzene rings is 2. The molecule has 0 fully saturated rings. The summed E-state index contributed by atoms with van der Waals surface area (Å²) in [6, 6.07) is 11.1. The number of hydrogen-bond acceptors (Lipinski definition) is 2. The summed E-state index contributed by atoms with van der Waals surface area (Å²) in [5.74, 6) is -1.77. The van der Waals surface area contributed by atoms with Crippen molar-refractivity contribution in [3.8, 4) is 11.3 Å². The van der Waals surface area contributed by atoms with Crippen LogP contribution in [-0.4, -0.2) is 9.97 Å². The van der Waals surface area contributed by atoms with Crippen LogP contribution in [-0.2, 0) is 0 Å². The topological polar surface area (TPSA) is 25.8 Å². The van der Waals surface area contributed by atoms with Crippen LogP contribution in [0.4, 0.5) is 8.78 Å². The lowest BCUT2D eigenvalue weighted by Crippen LogP contribution is -1.93. The molecule has 94 valence electrons. The normalized spacial score (nSPS) is 10.9. The summed E-state index contributed by atoms with van der Waals surface area (Å²) in [5, 5.41) is 0.789. The molecule has 19 heavy (non-hydrogen) atoms. The van der Waals surface area contributed by atoms with Crippen molar-refractivity contribution in [1.29, 1.82) is 0 Å². The first kappa shape index (κ1) is 12.2. The van der Waals surface area contributed by atoms with Crippen molar-refractivity contribution in [2.45, 2.75) is 0 Å². The van der Waals surface area contributed by atoms with Gasteiger partial charge < -0.3 is 0 Å². The van der Waals surface area contributed by atoms with E-state index in [1.807, 2.05) is 24.3 Å². The van der Waals surface area contributed by atoms with E-state index in [2.05, 4.69) is 25.9 Å². The molecule has 0 atom stereocenters. The molecular formula is C14H7BrF2N2. The highest BCUT2D eigenvalue weighted by molar-refractivity contribution is 9.10. The Labute approximate surface area is 116 Å². The largest absolute Gasteiger partial charge is 0.222 e. The van der Waals surface area contributed by atoms with Crippen molar-refractivity contribution in [3.63, 3.8) is 0 Å². The molecule has 0 aliphatic carbocycles. The Bertz CT molecular complexity index is 774. The monoisotopic (exact) mass is 320 g/mol. The maximum absolute atomic E-state index is 13.3. The van der Waals surface area contributed by atoms with Crippen LogP contribution in [0.3, 0.4) is 0 Å². The minimum Gasteiger partial charge on any atom is -0.222 e. The molecule has 2 nitrogen and oxygen atoms in total. The Balaban J connectivity index is 2.32. The second kappa shape index (κ2) is 4.66. The van der Waals surface area contributed by atoms with Gasteiger partial charge in [-0.2, -0.15) is 0 Å². The molecule has 0 saturated carbocycles. The molecule has 0 aliphatic rings. The minimum absolute atomic E-state index is 0.408. The summed E-state index contributed by atoms with van der Waals surface area (Å²) in [6.07, 6.45) is 0. The van der Waals surface area contributed by atoms with Gasteiger partial charge in [0, 0.05) is 10.9 Å². The number of halogens is 3. The van der Waals surface area contributed by atoms with Crippen molar-refractivity contribution in [1.82, 2.24) is 9.97 Å². The Hall–Kier alpha value is -1.88. The third kappa shape index (κ3) is 2.21. The summed E-state index contributed by atoms with van der Waals surface area (Å²) < 4.78 is 26.7. The molecule has 1 aromatic heterocycles. The first-order chi connectivity index (χ1) is 9.15. The van der Waals surface area contributed by atoms with Crippen LogP contribution in [0.25, 0.3) is 22.2 Å². The van der Waals surface area contributed by atoms with E-state index in [1.165, 1.54) is 6.07 Å². The van der Waals surface area contributed by atoms with Crippen LogP contribution in [0.2, 0.25) is 0 Å². The van der Waals surface area contributed by atoms with Crippen LogP contribution in [0, 0.1) is 11.6 Å². The van der Waals surface area contributed by atoms with Crippen LogP contribution < -0.4 is 0 Å². The predicted molar refractivity (Wildman–Crippen MR) is 72.6 cm³/mol. The number of aromatic nitrogens is 2. The first-order valence-electron chi connectivity index (χ1n) is 5.53. The molecule has 3 aromatic rings. The van der Waals surface area contributed by atoms with Crippen LogP contribution in [0.5, 0.6) is 0 Å². The van der Waals surface area contributed by atoms with Crippen molar-refractivity contribution in [2.75, 3.05) is 0 Å². The Morgan fingerprint density at radius 3 is 2.47 bits per heavy atom. The Morgan fingerprint density at radius 1 is 0.895 bits per heavy atom. The lowest BCUT2D eigenvalue weighted by molar-refractivity contribution is 0.509. The lowest BCUT2D eigenvalue weighted by atomic mass is 10.1. The van der Waals surface area contributed by atoms with Crippen LogP contribution >= 0.6 is 15.9 Å². The summed E-state index contributed by atoms with van der Waals surface area (Å²) in [6.45, 7) is 0. The summed E-state index contributed by atoms with van der Waals surface area (Å²) >= 11 is 3.22. The Kier molecular flexibility index (Phi) is 2.98. The van der Waals surface area contributed by atoms with E-state index < -0.39 is 11.6 Å². The van der Waals surface area contributed by atoms with Gasteiger partial charge in [-0.1, -0.05) is 18.2 Å². The molecule has 0 unspecified atom stereocenters. The van der Waals surface area contributed by atoms with Gasteiger partial charge in [0.15, 0.2) is 16.4 Å². The maximum Gasteiger partial charge on any atom is 0.197 e. The fourth-order valence-corrected chi connectivity index (χ4v) is 2.28. The van der Waals surface area contributed by atoms with Crippen molar-refractivity contribution < 1.29 is 8.78 Å². The van der Waals surface area contributed by atoms with E-state index in [-0.39, 0.29) is 0 Å². The van der Waals surface area contributed by atoms with Gasteiger partial charge >= 0.3 is 0 Å². The first-order valence-corrected chi connectivity index (χ1v) is 6.32. The summed E-state index contributed by atoms with van der Waals surface area (Å²) in [5.41, 5.74) is 1.82. The zero-order valence-electron chi connectivity index (χ0n) is 9.57. The highest BCUT2D eigenvalue weighted by atomic mass is 79.9. The van der Waals surface area contributed by atoms with Gasteiger partial charge in [-0.15, -0.1) is 0 Å². The van der Waals surface area contributed by atoms with E-state index in [4.69, 9.17) is 0 Å². The number of para-hydroxylation sites is 1. The Morgan fingerprint density at radius 2 is 1.68 bits per heavy atom. The molecule has 5 heteroatoms. The average molecular weight is 321 g/mol. The number of hydrogen-bond donors (Lipinski definition) is 0. The van der Waals surface area contributed by atoms with E-state index in [0.717, 1.165) is 23.0 Å². The molecule has 0 radical (unpaired) electrons. The minimum atomic E-state index is -0.892. The molecule has 2 aromatic carbocycles. The van der Waals surface area contributed by atoms with Crippen molar-refractivity contribution in [3.05, 3.63) is 58.8 Å². The quantitative estimate of drug-likeness (QED) is 0.623. The van der Waals surface area contributed by atoms with Crippen LogP contribution in [0.1, 0.15) is 0 Å². The zero-order valence-corrected chi connectivity index (χ0v) is 11.2. The molecule has 0 N–H and O–H groups in total. The third-order valence-electron chi connectivity index (χ3n) is 2.77. The van der Waals surface area contributed by atoms with Gasteiger partial charge in [0.2, 0.25) is 0 Å². The number of nitrogens with zero attached hydrogens (tertiary/aromatic N) is 2.